The lowest BCUT2D eigenvalue weighted by molar-refractivity contribution is 0.102. The molecule has 0 atom stereocenters. The Hall–Kier alpha value is -3.36. The maximum Gasteiger partial charge on any atom is 0.414 e. The monoisotopic (exact) mass is 467 g/mol. The van der Waals surface area contributed by atoms with E-state index in [9.17, 15) is 9.59 Å². The summed E-state index contributed by atoms with van der Waals surface area (Å²) in [6.07, 6.45) is 1.14. The Morgan fingerprint density at radius 3 is 2.55 bits per heavy atom. The van der Waals surface area contributed by atoms with Gasteiger partial charge in [-0.3, -0.25) is 14.8 Å². The second-order valence-corrected chi connectivity index (χ2v) is 8.44. The molecule has 2 amide bonds. The van der Waals surface area contributed by atoms with Gasteiger partial charge in [-0.05, 0) is 37.5 Å². The number of nitrogens with zero attached hydrogens (tertiary/aromatic N) is 2. The van der Waals surface area contributed by atoms with Gasteiger partial charge in [0.25, 0.3) is 5.91 Å². The van der Waals surface area contributed by atoms with Gasteiger partial charge in [0, 0.05) is 25.7 Å². The van der Waals surface area contributed by atoms with Gasteiger partial charge in [-0.15, -0.1) is 5.10 Å². The number of aromatic amines is 1. The van der Waals surface area contributed by atoms with Crippen LogP contribution in [0.25, 0.3) is 0 Å². The van der Waals surface area contributed by atoms with Crippen LogP contribution in [0, 0.1) is 6.92 Å². The Kier molecular flexibility index (Phi) is 7.26. The number of carbonyl (C=O) groups is 2. The first kappa shape index (κ1) is 22.8. The number of benzene rings is 2. The second-order valence-electron chi connectivity index (χ2n) is 8.03. The molecule has 2 heterocycles. The summed E-state index contributed by atoms with van der Waals surface area (Å²) in [5.41, 5.74) is 2.14. The van der Waals surface area contributed by atoms with Crippen LogP contribution >= 0.6 is 11.6 Å². The molecule has 9 heteroatoms. The van der Waals surface area contributed by atoms with E-state index in [4.69, 9.17) is 16.3 Å². The molecule has 0 aliphatic carbocycles. The highest BCUT2D eigenvalue weighted by atomic mass is 35.5. The highest BCUT2D eigenvalue weighted by Crippen LogP contribution is 2.24. The molecule has 1 aliphatic heterocycles. The number of anilines is 1. The molecule has 0 bridgehead atoms. The number of hydrogen-bond acceptors (Lipinski definition) is 5. The van der Waals surface area contributed by atoms with E-state index >= 15 is 0 Å². The predicted molar refractivity (Wildman–Crippen MR) is 127 cm³/mol. The van der Waals surface area contributed by atoms with Gasteiger partial charge >= 0.3 is 6.09 Å². The van der Waals surface area contributed by atoms with Crippen molar-refractivity contribution in [3.63, 3.8) is 0 Å². The summed E-state index contributed by atoms with van der Waals surface area (Å²) in [6, 6.07) is 17.1. The average Bonchev–Trinajstić information content (AvgIpc) is 3.15. The number of likely N-dealkylation sites (tertiary alicyclic amines) is 1. The molecule has 1 aliphatic rings. The lowest BCUT2D eigenvalue weighted by Crippen LogP contribution is -2.45. The molecule has 8 nitrogen and oxygen atoms in total. The minimum absolute atomic E-state index is 0.0446. The van der Waals surface area contributed by atoms with Gasteiger partial charge in [0.2, 0.25) is 5.88 Å². The minimum Gasteiger partial charge on any atom is -0.389 e. The highest BCUT2D eigenvalue weighted by Gasteiger charge is 2.23. The third-order valence-corrected chi connectivity index (χ3v) is 6.00. The van der Waals surface area contributed by atoms with Crippen molar-refractivity contribution < 1.29 is 14.3 Å². The highest BCUT2D eigenvalue weighted by molar-refractivity contribution is 6.34. The number of nitrogens with one attached hydrogen (secondary N) is 3. The molecule has 2 aromatic carbocycles. The lowest BCUT2D eigenvalue weighted by Gasteiger charge is -2.32. The fourth-order valence-corrected chi connectivity index (χ4v) is 4.01. The summed E-state index contributed by atoms with van der Waals surface area (Å²) in [5.74, 6) is 0.0750. The summed E-state index contributed by atoms with van der Waals surface area (Å²) in [5, 5.41) is 12.7. The SMILES string of the molecule is Cc1c(OC(=O)NC2CCN(Cc3ccccc3)CC2)n[nH]c1NC(=O)c1ccccc1Cl. The summed E-state index contributed by atoms with van der Waals surface area (Å²) >= 11 is 6.07. The molecule has 1 saturated heterocycles. The van der Waals surface area contributed by atoms with E-state index in [1.54, 1.807) is 31.2 Å². The van der Waals surface area contributed by atoms with E-state index in [1.807, 2.05) is 18.2 Å². The number of halogens is 1. The zero-order valence-corrected chi connectivity index (χ0v) is 19.1. The normalized spacial score (nSPS) is 14.6. The predicted octanol–water partition coefficient (Wildman–Crippen LogP) is 4.38. The van der Waals surface area contributed by atoms with E-state index in [0.29, 0.717) is 22.0 Å². The molecule has 33 heavy (non-hydrogen) atoms. The number of amides is 2. The van der Waals surface area contributed by atoms with Gasteiger partial charge in [0.1, 0.15) is 5.82 Å². The Bertz CT molecular complexity index is 1110. The summed E-state index contributed by atoms with van der Waals surface area (Å²) in [7, 11) is 0. The number of rotatable bonds is 6. The Balaban J connectivity index is 1.26. The standard InChI is InChI=1S/C24H26ClN5O3/c1-16-21(27-22(31)19-9-5-6-10-20(19)25)28-29-23(16)33-24(32)26-18-11-13-30(14-12-18)15-17-7-3-2-4-8-17/h2-10,18H,11-15H2,1H3,(H,26,32)(H2,27,28,29,31). The van der Waals surface area contributed by atoms with Crippen molar-refractivity contribution in [2.24, 2.45) is 0 Å². The average molecular weight is 468 g/mol. The molecule has 0 saturated carbocycles. The number of hydrogen-bond donors (Lipinski definition) is 3. The van der Waals surface area contributed by atoms with Gasteiger partial charge in [-0.2, -0.15) is 0 Å². The van der Waals surface area contributed by atoms with E-state index in [0.717, 1.165) is 32.5 Å². The van der Waals surface area contributed by atoms with Crippen molar-refractivity contribution in [1.29, 1.82) is 0 Å². The number of carbonyl (C=O) groups excluding carboxylic acids is 2. The van der Waals surface area contributed by atoms with Gasteiger partial charge < -0.3 is 15.4 Å². The van der Waals surface area contributed by atoms with Crippen LogP contribution in [0.15, 0.2) is 54.6 Å². The van der Waals surface area contributed by atoms with Crippen LogP contribution < -0.4 is 15.4 Å². The Labute approximate surface area is 197 Å². The third-order valence-electron chi connectivity index (χ3n) is 5.67. The van der Waals surface area contributed by atoms with Gasteiger partial charge in [0.15, 0.2) is 0 Å². The van der Waals surface area contributed by atoms with Crippen molar-refractivity contribution in [3.8, 4) is 5.88 Å². The van der Waals surface area contributed by atoms with E-state index < -0.39 is 6.09 Å². The molecule has 3 aromatic rings. The number of H-pyrrole nitrogens is 1. The van der Waals surface area contributed by atoms with Crippen molar-refractivity contribution in [2.45, 2.75) is 32.4 Å². The van der Waals surface area contributed by atoms with Crippen molar-refractivity contribution in [2.75, 3.05) is 18.4 Å². The van der Waals surface area contributed by atoms with Gasteiger partial charge in [-0.25, -0.2) is 4.79 Å². The zero-order chi connectivity index (χ0) is 23.2. The number of piperidine rings is 1. The second kappa shape index (κ2) is 10.5. The summed E-state index contributed by atoms with van der Waals surface area (Å²) < 4.78 is 5.38. The van der Waals surface area contributed by atoms with E-state index in [1.165, 1.54) is 5.56 Å². The van der Waals surface area contributed by atoms with Crippen LogP contribution in [-0.4, -0.2) is 46.2 Å². The van der Waals surface area contributed by atoms with Crippen molar-refractivity contribution >= 4 is 29.4 Å². The molecule has 0 unspecified atom stereocenters. The lowest BCUT2D eigenvalue weighted by atomic mass is 10.0. The minimum atomic E-state index is -0.560. The Morgan fingerprint density at radius 1 is 1.12 bits per heavy atom. The van der Waals surface area contributed by atoms with Crippen LogP contribution in [0.2, 0.25) is 5.02 Å². The largest absolute Gasteiger partial charge is 0.414 e. The molecular weight excluding hydrogens is 442 g/mol. The van der Waals surface area contributed by atoms with Crippen LogP contribution in [0.3, 0.4) is 0 Å². The van der Waals surface area contributed by atoms with Crippen LogP contribution in [-0.2, 0) is 6.54 Å². The smallest absolute Gasteiger partial charge is 0.389 e. The first-order chi connectivity index (χ1) is 16.0. The zero-order valence-electron chi connectivity index (χ0n) is 18.3. The number of ether oxygens (including phenoxy) is 1. The van der Waals surface area contributed by atoms with Crippen molar-refractivity contribution in [3.05, 3.63) is 76.3 Å². The van der Waals surface area contributed by atoms with Gasteiger partial charge in [0.05, 0.1) is 16.1 Å². The first-order valence-corrected chi connectivity index (χ1v) is 11.2. The summed E-state index contributed by atoms with van der Waals surface area (Å²) in [6.45, 7) is 4.42. The quantitative estimate of drug-likeness (QED) is 0.499. The topological polar surface area (TPSA) is 99.3 Å². The molecule has 1 aromatic heterocycles. The molecule has 3 N–H and O–H groups in total. The first-order valence-electron chi connectivity index (χ1n) is 10.8. The third kappa shape index (κ3) is 5.91. The van der Waals surface area contributed by atoms with E-state index in [2.05, 4.69) is 37.9 Å². The molecular formula is C24H26ClN5O3. The van der Waals surface area contributed by atoms with Crippen LogP contribution in [0.4, 0.5) is 10.6 Å². The Morgan fingerprint density at radius 2 is 1.82 bits per heavy atom. The molecule has 0 radical (unpaired) electrons. The number of aromatic nitrogens is 2. The molecule has 172 valence electrons. The maximum absolute atomic E-state index is 12.5. The fourth-order valence-electron chi connectivity index (χ4n) is 3.79. The maximum atomic E-state index is 12.5. The van der Waals surface area contributed by atoms with Crippen LogP contribution in [0.5, 0.6) is 5.88 Å². The fraction of sp³-hybridized carbons (Fsp3) is 0.292. The van der Waals surface area contributed by atoms with Crippen LogP contribution in [0.1, 0.15) is 34.3 Å². The molecule has 0 spiro atoms. The summed E-state index contributed by atoms with van der Waals surface area (Å²) in [4.78, 5) is 27.2. The molecule has 1 fully saturated rings. The van der Waals surface area contributed by atoms with Crippen molar-refractivity contribution in [1.82, 2.24) is 20.4 Å². The van der Waals surface area contributed by atoms with E-state index in [-0.39, 0.29) is 17.8 Å². The molecule has 4 rings (SSSR count). The van der Waals surface area contributed by atoms with Gasteiger partial charge in [-0.1, -0.05) is 54.1 Å².